The zero-order valence-corrected chi connectivity index (χ0v) is 13.4. The van der Waals surface area contributed by atoms with E-state index in [0.29, 0.717) is 23.7 Å². The number of fused-ring (bicyclic) bond motifs is 1. The van der Waals surface area contributed by atoms with Gasteiger partial charge in [0.05, 0.1) is 12.6 Å². The summed E-state index contributed by atoms with van der Waals surface area (Å²) in [6.45, 7) is 0.254. The molecule has 0 spiro atoms. The smallest absolute Gasteiger partial charge is 0.246 e. The van der Waals surface area contributed by atoms with Crippen LogP contribution in [0.15, 0.2) is 29.0 Å². The normalized spacial score (nSPS) is 26.1. The van der Waals surface area contributed by atoms with Gasteiger partial charge in [0.15, 0.2) is 0 Å². The standard InChI is InChI=1S/C17H21N5O2/c23-17(14-9-12-3-1-2-4-13(12)20-14)19-10-15-21-16(22-24-15)11-5-7-18-8-6-11/h5-8,12-14,20H,1-4,9-10H2,(H,19,23). The van der Waals surface area contributed by atoms with Gasteiger partial charge in [-0.1, -0.05) is 18.0 Å². The molecule has 4 rings (SSSR count). The van der Waals surface area contributed by atoms with Gasteiger partial charge in [-0.15, -0.1) is 0 Å². The molecule has 3 atom stereocenters. The minimum absolute atomic E-state index is 0.0214. The van der Waals surface area contributed by atoms with Crippen molar-refractivity contribution in [3.63, 3.8) is 0 Å². The average Bonchev–Trinajstić information content (AvgIpc) is 3.27. The summed E-state index contributed by atoms with van der Waals surface area (Å²) >= 11 is 0. The molecule has 2 fully saturated rings. The fourth-order valence-electron chi connectivity index (χ4n) is 3.75. The summed E-state index contributed by atoms with van der Waals surface area (Å²) in [5, 5.41) is 10.3. The van der Waals surface area contributed by atoms with Crippen molar-refractivity contribution in [2.75, 3.05) is 0 Å². The van der Waals surface area contributed by atoms with E-state index in [1.807, 2.05) is 12.1 Å². The molecule has 2 N–H and O–H groups in total. The second-order valence-electron chi connectivity index (χ2n) is 6.57. The Morgan fingerprint density at radius 3 is 2.96 bits per heavy atom. The molecule has 1 saturated carbocycles. The number of rotatable bonds is 4. The van der Waals surface area contributed by atoms with Crippen molar-refractivity contribution in [3.05, 3.63) is 30.4 Å². The molecule has 2 aliphatic rings. The molecule has 0 radical (unpaired) electrons. The highest BCUT2D eigenvalue weighted by atomic mass is 16.5. The van der Waals surface area contributed by atoms with Gasteiger partial charge in [-0.2, -0.15) is 4.98 Å². The third kappa shape index (κ3) is 3.17. The molecule has 126 valence electrons. The predicted molar refractivity (Wildman–Crippen MR) is 86.7 cm³/mol. The van der Waals surface area contributed by atoms with Crippen molar-refractivity contribution < 1.29 is 9.32 Å². The van der Waals surface area contributed by atoms with Gasteiger partial charge in [-0.05, 0) is 37.3 Å². The van der Waals surface area contributed by atoms with Gasteiger partial charge in [0.1, 0.15) is 0 Å². The Balaban J connectivity index is 1.32. The van der Waals surface area contributed by atoms with Gasteiger partial charge in [-0.3, -0.25) is 9.78 Å². The number of carbonyl (C=O) groups is 1. The van der Waals surface area contributed by atoms with Crippen LogP contribution in [0.25, 0.3) is 11.4 Å². The topological polar surface area (TPSA) is 92.9 Å². The number of carbonyl (C=O) groups excluding carboxylic acids is 1. The summed E-state index contributed by atoms with van der Waals surface area (Å²) in [7, 11) is 0. The lowest BCUT2D eigenvalue weighted by molar-refractivity contribution is -0.123. The van der Waals surface area contributed by atoms with Crippen molar-refractivity contribution >= 4 is 5.91 Å². The van der Waals surface area contributed by atoms with Gasteiger partial charge in [0, 0.05) is 24.0 Å². The maximum atomic E-state index is 12.4. The van der Waals surface area contributed by atoms with E-state index in [-0.39, 0.29) is 18.5 Å². The van der Waals surface area contributed by atoms with Crippen molar-refractivity contribution in [1.29, 1.82) is 0 Å². The zero-order chi connectivity index (χ0) is 16.4. The molecule has 2 aromatic heterocycles. The first-order valence-corrected chi connectivity index (χ1v) is 8.56. The molecule has 7 heteroatoms. The summed E-state index contributed by atoms with van der Waals surface area (Å²) in [6.07, 6.45) is 9.27. The average molecular weight is 327 g/mol. The van der Waals surface area contributed by atoms with E-state index in [2.05, 4.69) is 25.8 Å². The van der Waals surface area contributed by atoms with Crippen LogP contribution in [0.3, 0.4) is 0 Å². The van der Waals surface area contributed by atoms with Crippen LogP contribution in [0.1, 0.15) is 38.0 Å². The molecule has 1 saturated heterocycles. The van der Waals surface area contributed by atoms with Crippen LogP contribution in [-0.2, 0) is 11.3 Å². The highest BCUT2D eigenvalue weighted by molar-refractivity contribution is 5.82. The number of aromatic nitrogens is 3. The first kappa shape index (κ1) is 15.3. The predicted octanol–water partition coefficient (Wildman–Crippen LogP) is 1.67. The monoisotopic (exact) mass is 327 g/mol. The van der Waals surface area contributed by atoms with Gasteiger partial charge in [-0.25, -0.2) is 0 Å². The van der Waals surface area contributed by atoms with Crippen molar-refractivity contribution in [1.82, 2.24) is 25.8 Å². The molecule has 1 aliphatic heterocycles. The lowest BCUT2D eigenvalue weighted by Crippen LogP contribution is -2.42. The van der Waals surface area contributed by atoms with E-state index < -0.39 is 0 Å². The van der Waals surface area contributed by atoms with Crippen LogP contribution < -0.4 is 10.6 Å². The number of nitrogens with zero attached hydrogens (tertiary/aromatic N) is 3. The highest BCUT2D eigenvalue weighted by Gasteiger charge is 2.38. The van der Waals surface area contributed by atoms with Crippen LogP contribution in [0, 0.1) is 5.92 Å². The quantitative estimate of drug-likeness (QED) is 0.887. The van der Waals surface area contributed by atoms with Gasteiger partial charge >= 0.3 is 0 Å². The maximum Gasteiger partial charge on any atom is 0.246 e. The second kappa shape index (κ2) is 6.68. The number of hydrogen-bond donors (Lipinski definition) is 2. The molecule has 1 amide bonds. The van der Waals surface area contributed by atoms with E-state index in [1.54, 1.807) is 12.4 Å². The Morgan fingerprint density at radius 2 is 2.12 bits per heavy atom. The molecule has 0 bridgehead atoms. The summed E-state index contributed by atoms with van der Waals surface area (Å²) < 4.78 is 5.21. The van der Waals surface area contributed by atoms with Crippen LogP contribution in [0.4, 0.5) is 0 Å². The molecule has 1 aliphatic carbocycles. The Kier molecular flexibility index (Phi) is 4.25. The SMILES string of the molecule is O=C(NCc1nc(-c2ccncc2)no1)C1CC2CCCCC2N1. The Bertz CT molecular complexity index is 688. The first-order valence-electron chi connectivity index (χ1n) is 8.56. The minimum atomic E-state index is -0.0966. The number of hydrogen-bond acceptors (Lipinski definition) is 6. The van der Waals surface area contributed by atoms with E-state index in [9.17, 15) is 4.79 Å². The van der Waals surface area contributed by atoms with E-state index >= 15 is 0 Å². The lowest BCUT2D eigenvalue weighted by Gasteiger charge is -2.24. The maximum absolute atomic E-state index is 12.4. The van der Waals surface area contributed by atoms with Crippen LogP contribution in [0.2, 0.25) is 0 Å². The number of nitrogens with one attached hydrogen (secondary N) is 2. The van der Waals surface area contributed by atoms with Gasteiger partial charge in [0.2, 0.25) is 17.6 Å². The molecular weight excluding hydrogens is 306 g/mol. The third-order valence-corrected chi connectivity index (χ3v) is 5.00. The summed E-state index contributed by atoms with van der Waals surface area (Å²) in [5.74, 6) is 1.58. The second-order valence-corrected chi connectivity index (χ2v) is 6.57. The summed E-state index contributed by atoms with van der Waals surface area (Å²) in [5.41, 5.74) is 0.841. The van der Waals surface area contributed by atoms with Crippen molar-refractivity contribution in [3.8, 4) is 11.4 Å². The van der Waals surface area contributed by atoms with Crippen LogP contribution >= 0.6 is 0 Å². The Labute approximate surface area is 140 Å². The van der Waals surface area contributed by atoms with E-state index in [1.165, 1.54) is 25.7 Å². The van der Waals surface area contributed by atoms with E-state index in [4.69, 9.17) is 4.52 Å². The zero-order valence-electron chi connectivity index (χ0n) is 13.4. The number of pyridine rings is 1. The van der Waals surface area contributed by atoms with Gasteiger partial charge in [0.25, 0.3) is 0 Å². The van der Waals surface area contributed by atoms with Gasteiger partial charge < -0.3 is 15.2 Å². The molecule has 24 heavy (non-hydrogen) atoms. The van der Waals surface area contributed by atoms with Crippen molar-refractivity contribution in [2.24, 2.45) is 5.92 Å². The van der Waals surface area contributed by atoms with Crippen LogP contribution in [0.5, 0.6) is 0 Å². The third-order valence-electron chi connectivity index (χ3n) is 5.00. The fraction of sp³-hybridized carbons (Fsp3) is 0.529. The molecule has 3 unspecified atom stereocenters. The largest absolute Gasteiger partial charge is 0.346 e. The molecule has 3 heterocycles. The highest BCUT2D eigenvalue weighted by Crippen LogP contribution is 2.33. The lowest BCUT2D eigenvalue weighted by atomic mass is 9.85. The molecule has 7 nitrogen and oxygen atoms in total. The first-order chi connectivity index (χ1) is 11.8. The molecular formula is C17H21N5O2. The van der Waals surface area contributed by atoms with Crippen molar-refractivity contribution in [2.45, 2.75) is 50.7 Å². The summed E-state index contributed by atoms with van der Waals surface area (Å²) in [4.78, 5) is 20.6. The Hall–Kier alpha value is -2.28. The fourth-order valence-corrected chi connectivity index (χ4v) is 3.75. The Morgan fingerprint density at radius 1 is 1.29 bits per heavy atom. The summed E-state index contributed by atoms with van der Waals surface area (Å²) in [6, 6.07) is 4.05. The van der Waals surface area contributed by atoms with Crippen LogP contribution in [-0.4, -0.2) is 33.1 Å². The molecule has 2 aromatic rings. The number of amides is 1. The molecule has 0 aromatic carbocycles. The minimum Gasteiger partial charge on any atom is -0.346 e. The van der Waals surface area contributed by atoms with E-state index in [0.717, 1.165) is 12.0 Å².